The first-order valence-corrected chi connectivity index (χ1v) is 7.32. The van der Waals surface area contributed by atoms with Crippen molar-refractivity contribution in [1.82, 2.24) is 0 Å². The summed E-state index contributed by atoms with van der Waals surface area (Å²) in [5, 5.41) is 0. The van der Waals surface area contributed by atoms with E-state index in [-0.39, 0.29) is 0 Å². The molecule has 2 aromatic rings. The summed E-state index contributed by atoms with van der Waals surface area (Å²) in [6, 6.07) is 17.7. The summed E-state index contributed by atoms with van der Waals surface area (Å²) >= 11 is 0. The van der Waals surface area contributed by atoms with Gasteiger partial charge in [-0.1, -0.05) is 76.2 Å². The van der Waals surface area contributed by atoms with E-state index in [2.05, 4.69) is 76.2 Å². The maximum absolute atomic E-state index is 2.40. The van der Waals surface area contributed by atoms with E-state index < -0.39 is 0 Å². The minimum atomic E-state index is 0.555. The Labute approximate surface area is 117 Å². The zero-order valence-corrected chi connectivity index (χ0v) is 12.5. The van der Waals surface area contributed by atoms with Gasteiger partial charge in [-0.2, -0.15) is 0 Å². The first-order chi connectivity index (χ1) is 9.13. The van der Waals surface area contributed by atoms with Crippen LogP contribution < -0.4 is 0 Å². The standard InChI is InChI=1S/C19H24/c1-5-15(4)17-11-12-18(19(13-17)14(2)3)16-9-7-6-8-10-16/h6-15H,5H2,1-4H3. The summed E-state index contributed by atoms with van der Waals surface area (Å²) < 4.78 is 0. The van der Waals surface area contributed by atoms with Crippen LogP contribution in [-0.2, 0) is 0 Å². The first-order valence-electron chi connectivity index (χ1n) is 7.32. The minimum absolute atomic E-state index is 0.555. The summed E-state index contributed by atoms with van der Waals surface area (Å²) in [5.74, 6) is 1.20. The van der Waals surface area contributed by atoms with E-state index in [0.717, 1.165) is 0 Å². The summed E-state index contributed by atoms with van der Waals surface area (Å²) in [6.07, 6.45) is 1.20. The van der Waals surface area contributed by atoms with Gasteiger partial charge in [-0.3, -0.25) is 0 Å². The van der Waals surface area contributed by atoms with Crippen molar-refractivity contribution < 1.29 is 0 Å². The Morgan fingerprint density at radius 2 is 1.58 bits per heavy atom. The fourth-order valence-corrected chi connectivity index (χ4v) is 2.48. The quantitative estimate of drug-likeness (QED) is 0.627. The predicted octanol–water partition coefficient (Wildman–Crippen LogP) is 5.99. The Hall–Kier alpha value is -1.56. The molecule has 0 radical (unpaired) electrons. The van der Waals surface area contributed by atoms with Crippen molar-refractivity contribution in [3.8, 4) is 11.1 Å². The molecule has 0 heteroatoms. The number of rotatable bonds is 4. The van der Waals surface area contributed by atoms with Crippen molar-refractivity contribution in [2.75, 3.05) is 0 Å². The third kappa shape index (κ3) is 3.07. The van der Waals surface area contributed by atoms with E-state index >= 15 is 0 Å². The molecule has 0 saturated carbocycles. The molecule has 0 spiro atoms. The van der Waals surface area contributed by atoms with Gasteiger partial charge in [0.2, 0.25) is 0 Å². The summed E-state index contributed by atoms with van der Waals surface area (Å²) in [5.41, 5.74) is 5.62. The lowest BCUT2D eigenvalue weighted by Crippen LogP contribution is -1.98. The summed E-state index contributed by atoms with van der Waals surface area (Å²) in [4.78, 5) is 0. The van der Waals surface area contributed by atoms with Gasteiger partial charge in [-0.15, -0.1) is 0 Å². The Balaban J connectivity index is 2.50. The maximum Gasteiger partial charge on any atom is -0.0149 e. The highest BCUT2D eigenvalue weighted by Crippen LogP contribution is 2.32. The lowest BCUT2D eigenvalue weighted by atomic mass is 9.87. The molecule has 0 nitrogen and oxygen atoms in total. The summed E-state index contributed by atoms with van der Waals surface area (Å²) in [7, 11) is 0. The van der Waals surface area contributed by atoms with Crippen LogP contribution in [0.3, 0.4) is 0 Å². The molecule has 0 amide bonds. The number of hydrogen-bond donors (Lipinski definition) is 0. The molecule has 0 fully saturated rings. The highest BCUT2D eigenvalue weighted by Gasteiger charge is 2.11. The molecule has 0 N–H and O–H groups in total. The van der Waals surface area contributed by atoms with Gasteiger partial charge in [0, 0.05) is 0 Å². The zero-order chi connectivity index (χ0) is 13.8. The molecule has 0 aliphatic carbocycles. The third-order valence-electron chi connectivity index (χ3n) is 3.96. The fraction of sp³-hybridized carbons (Fsp3) is 0.368. The lowest BCUT2D eigenvalue weighted by Gasteiger charge is -2.17. The van der Waals surface area contributed by atoms with Gasteiger partial charge in [-0.05, 0) is 40.5 Å². The fourth-order valence-electron chi connectivity index (χ4n) is 2.48. The van der Waals surface area contributed by atoms with E-state index in [0.29, 0.717) is 11.8 Å². The van der Waals surface area contributed by atoms with Crippen molar-refractivity contribution >= 4 is 0 Å². The van der Waals surface area contributed by atoms with Gasteiger partial charge in [-0.25, -0.2) is 0 Å². The molecule has 2 rings (SSSR count). The molecule has 0 bridgehead atoms. The van der Waals surface area contributed by atoms with E-state index in [1.54, 1.807) is 0 Å². The lowest BCUT2D eigenvalue weighted by molar-refractivity contribution is 0.729. The molecule has 19 heavy (non-hydrogen) atoms. The van der Waals surface area contributed by atoms with Gasteiger partial charge in [0.25, 0.3) is 0 Å². The second-order valence-corrected chi connectivity index (χ2v) is 5.68. The summed E-state index contributed by atoms with van der Waals surface area (Å²) in [6.45, 7) is 9.12. The third-order valence-corrected chi connectivity index (χ3v) is 3.96. The van der Waals surface area contributed by atoms with Crippen LogP contribution in [0.1, 0.15) is 57.1 Å². The van der Waals surface area contributed by atoms with Crippen molar-refractivity contribution in [3.05, 3.63) is 59.7 Å². The van der Waals surface area contributed by atoms with Crippen LogP contribution in [0.2, 0.25) is 0 Å². The highest BCUT2D eigenvalue weighted by atomic mass is 14.2. The normalized spacial score (nSPS) is 12.7. The molecule has 0 aliphatic rings. The van der Waals surface area contributed by atoms with Crippen LogP contribution in [0, 0.1) is 0 Å². The smallest absolute Gasteiger partial charge is 0.0149 e. The van der Waals surface area contributed by atoms with E-state index in [4.69, 9.17) is 0 Å². The SMILES string of the molecule is CCC(C)c1ccc(-c2ccccc2)c(C(C)C)c1. The molecule has 0 aromatic heterocycles. The monoisotopic (exact) mass is 252 g/mol. The molecule has 1 atom stereocenters. The molecular formula is C19H24. The van der Waals surface area contributed by atoms with E-state index in [1.807, 2.05) is 0 Å². The van der Waals surface area contributed by atoms with Gasteiger partial charge in [0.1, 0.15) is 0 Å². The van der Waals surface area contributed by atoms with E-state index in [1.165, 1.54) is 28.7 Å². The largest absolute Gasteiger partial charge is 0.0648 e. The first kappa shape index (κ1) is 13.9. The van der Waals surface area contributed by atoms with Crippen molar-refractivity contribution in [2.24, 2.45) is 0 Å². The number of hydrogen-bond acceptors (Lipinski definition) is 0. The Kier molecular flexibility index (Phi) is 4.42. The molecular weight excluding hydrogens is 228 g/mol. The average Bonchev–Trinajstić information content (AvgIpc) is 2.46. The molecule has 1 unspecified atom stereocenters. The van der Waals surface area contributed by atoms with E-state index in [9.17, 15) is 0 Å². The molecule has 0 aliphatic heterocycles. The van der Waals surface area contributed by atoms with Gasteiger partial charge >= 0.3 is 0 Å². The second-order valence-electron chi connectivity index (χ2n) is 5.68. The Bertz CT molecular complexity index is 523. The number of benzene rings is 2. The van der Waals surface area contributed by atoms with Crippen LogP contribution in [0.5, 0.6) is 0 Å². The van der Waals surface area contributed by atoms with Crippen LogP contribution in [-0.4, -0.2) is 0 Å². The highest BCUT2D eigenvalue weighted by molar-refractivity contribution is 5.68. The van der Waals surface area contributed by atoms with Gasteiger partial charge in [0.05, 0.1) is 0 Å². The molecule has 0 heterocycles. The van der Waals surface area contributed by atoms with Crippen LogP contribution in [0.15, 0.2) is 48.5 Å². The van der Waals surface area contributed by atoms with Crippen molar-refractivity contribution in [2.45, 2.75) is 46.0 Å². The Morgan fingerprint density at radius 3 is 2.16 bits per heavy atom. The van der Waals surface area contributed by atoms with Gasteiger partial charge in [0.15, 0.2) is 0 Å². The zero-order valence-electron chi connectivity index (χ0n) is 12.5. The molecule has 0 saturated heterocycles. The Morgan fingerprint density at radius 1 is 0.895 bits per heavy atom. The maximum atomic E-state index is 2.40. The second kappa shape index (κ2) is 6.06. The van der Waals surface area contributed by atoms with Crippen LogP contribution >= 0.6 is 0 Å². The van der Waals surface area contributed by atoms with Crippen molar-refractivity contribution in [3.63, 3.8) is 0 Å². The minimum Gasteiger partial charge on any atom is -0.0648 e. The molecule has 100 valence electrons. The molecule has 2 aromatic carbocycles. The van der Waals surface area contributed by atoms with Gasteiger partial charge < -0.3 is 0 Å². The van der Waals surface area contributed by atoms with Crippen LogP contribution in [0.25, 0.3) is 11.1 Å². The van der Waals surface area contributed by atoms with Crippen LogP contribution in [0.4, 0.5) is 0 Å². The average molecular weight is 252 g/mol. The van der Waals surface area contributed by atoms with Crippen molar-refractivity contribution in [1.29, 1.82) is 0 Å². The predicted molar refractivity (Wildman–Crippen MR) is 84.7 cm³/mol. The topological polar surface area (TPSA) is 0 Å².